The lowest BCUT2D eigenvalue weighted by molar-refractivity contribution is 0.282. The molecule has 0 unspecified atom stereocenters. The first kappa shape index (κ1) is 14.2. The molecule has 2 rings (SSSR count). The topological polar surface area (TPSA) is 66.0 Å². The number of nitrogens with one attached hydrogen (secondary N) is 1. The van der Waals surface area contributed by atoms with Crippen LogP contribution in [0.25, 0.3) is 17.1 Å². The van der Waals surface area contributed by atoms with Gasteiger partial charge in [0.25, 0.3) is 5.56 Å². The van der Waals surface area contributed by atoms with E-state index in [4.69, 9.17) is 0 Å². The minimum Gasteiger partial charge on any atom is -0.512 e. The van der Waals surface area contributed by atoms with Crippen LogP contribution in [0, 0.1) is 17.0 Å². The molecule has 0 aliphatic rings. The maximum atomic E-state index is 13.2. The monoisotopic (exact) mass is 280 g/mol. The summed E-state index contributed by atoms with van der Waals surface area (Å²) in [4.78, 5) is 18.1. The van der Waals surface area contributed by atoms with Crippen LogP contribution in [0.1, 0.15) is 26.5 Å². The number of nitrogens with zero attached hydrogens (tertiary/aromatic N) is 1. The Morgan fingerprint density at radius 2 is 1.90 bits per heavy atom. The zero-order valence-electron chi connectivity index (χ0n) is 11.3. The molecule has 6 heteroatoms. The van der Waals surface area contributed by atoms with Crippen LogP contribution in [0.5, 0.6) is 0 Å². The number of halogens is 2. The van der Waals surface area contributed by atoms with E-state index in [1.807, 2.05) is 0 Å². The second-order valence-corrected chi connectivity index (χ2v) is 5.51. The Morgan fingerprint density at radius 1 is 1.30 bits per heavy atom. The minimum absolute atomic E-state index is 0.0302. The van der Waals surface area contributed by atoms with Gasteiger partial charge in [0.2, 0.25) is 0 Å². The Bertz CT molecular complexity index is 758. The van der Waals surface area contributed by atoms with Gasteiger partial charge in [0.1, 0.15) is 5.69 Å². The molecule has 0 spiro atoms. The van der Waals surface area contributed by atoms with Gasteiger partial charge in [-0.05, 0) is 0 Å². The van der Waals surface area contributed by atoms with Crippen LogP contribution < -0.4 is 5.56 Å². The van der Waals surface area contributed by atoms with E-state index < -0.39 is 22.6 Å². The van der Waals surface area contributed by atoms with Gasteiger partial charge in [-0.25, -0.2) is 13.8 Å². The van der Waals surface area contributed by atoms with Gasteiger partial charge in [0.15, 0.2) is 11.6 Å². The molecule has 2 aromatic rings. The summed E-state index contributed by atoms with van der Waals surface area (Å²) in [7, 11) is 0. The molecular weight excluding hydrogens is 266 g/mol. The number of H-pyrrole nitrogens is 1. The van der Waals surface area contributed by atoms with Crippen molar-refractivity contribution in [2.75, 3.05) is 0 Å². The highest BCUT2D eigenvalue weighted by Gasteiger charge is 2.17. The molecule has 0 amide bonds. The maximum absolute atomic E-state index is 13.2. The van der Waals surface area contributed by atoms with Gasteiger partial charge in [-0.15, -0.1) is 0 Å². The number of allylic oxidation sites excluding steroid dienone is 1. The smallest absolute Gasteiger partial charge is 0.274 e. The molecule has 4 nitrogen and oxygen atoms in total. The van der Waals surface area contributed by atoms with E-state index in [1.54, 1.807) is 20.8 Å². The average Bonchev–Trinajstić information content (AvgIpc) is 2.31. The molecule has 0 radical (unpaired) electrons. The number of fused-ring (bicyclic) bond motifs is 1. The van der Waals surface area contributed by atoms with Gasteiger partial charge in [-0.3, -0.25) is 4.79 Å². The molecule has 20 heavy (non-hydrogen) atoms. The van der Waals surface area contributed by atoms with Crippen LogP contribution in [0.4, 0.5) is 8.78 Å². The maximum Gasteiger partial charge on any atom is 0.274 e. The summed E-state index contributed by atoms with van der Waals surface area (Å²) in [5, 5.41) is 9.87. The van der Waals surface area contributed by atoms with Crippen molar-refractivity contribution in [3.05, 3.63) is 45.6 Å². The third-order valence-corrected chi connectivity index (χ3v) is 2.80. The lowest BCUT2D eigenvalue weighted by atomic mass is 9.93. The first-order valence-corrected chi connectivity index (χ1v) is 5.98. The van der Waals surface area contributed by atoms with Gasteiger partial charge in [0.05, 0.1) is 16.8 Å². The summed E-state index contributed by atoms with van der Waals surface area (Å²) in [6, 6.07) is 1.77. The third kappa shape index (κ3) is 2.68. The molecule has 2 N–H and O–H groups in total. The second-order valence-electron chi connectivity index (χ2n) is 5.51. The molecule has 0 bridgehead atoms. The Kier molecular flexibility index (Phi) is 3.33. The summed E-state index contributed by atoms with van der Waals surface area (Å²) in [6.07, 6.45) is 1.22. The number of hydrogen-bond acceptors (Lipinski definition) is 3. The number of aromatic nitrogens is 2. The number of aliphatic hydroxyl groups is 1. The van der Waals surface area contributed by atoms with E-state index in [9.17, 15) is 18.7 Å². The van der Waals surface area contributed by atoms with Crippen LogP contribution in [0.3, 0.4) is 0 Å². The molecule has 0 saturated heterocycles. The van der Waals surface area contributed by atoms with Crippen LogP contribution in [0.2, 0.25) is 0 Å². The Labute approximate surface area is 113 Å². The number of aromatic amines is 1. The van der Waals surface area contributed by atoms with E-state index in [1.165, 1.54) is 6.08 Å². The highest BCUT2D eigenvalue weighted by Crippen LogP contribution is 2.24. The summed E-state index contributed by atoms with van der Waals surface area (Å²) in [5.74, 6) is -2.14. The molecule has 0 aliphatic carbocycles. The normalized spacial score (nSPS) is 12.9. The van der Waals surface area contributed by atoms with Crippen LogP contribution >= 0.6 is 0 Å². The zero-order valence-corrected chi connectivity index (χ0v) is 11.3. The molecule has 0 atom stereocenters. The predicted octanol–water partition coefficient (Wildman–Crippen LogP) is 3.15. The van der Waals surface area contributed by atoms with Crippen LogP contribution in [0.15, 0.2) is 22.7 Å². The Hall–Kier alpha value is -2.24. The van der Waals surface area contributed by atoms with E-state index in [0.29, 0.717) is 0 Å². The number of hydrogen-bond donors (Lipinski definition) is 2. The van der Waals surface area contributed by atoms with Crippen molar-refractivity contribution >= 4 is 17.1 Å². The number of rotatable bonds is 1. The highest BCUT2D eigenvalue weighted by atomic mass is 19.2. The van der Waals surface area contributed by atoms with Crippen molar-refractivity contribution in [1.29, 1.82) is 0 Å². The molecule has 1 aromatic heterocycles. The molecular formula is C14H14F2N2O2. The predicted molar refractivity (Wildman–Crippen MR) is 72.3 cm³/mol. The summed E-state index contributed by atoms with van der Waals surface area (Å²) in [6.45, 7) is 5.30. The highest BCUT2D eigenvalue weighted by molar-refractivity contribution is 5.75. The fourth-order valence-electron chi connectivity index (χ4n) is 1.54. The van der Waals surface area contributed by atoms with Crippen molar-refractivity contribution in [1.82, 2.24) is 9.97 Å². The average molecular weight is 280 g/mol. The van der Waals surface area contributed by atoms with E-state index >= 15 is 0 Å². The van der Waals surface area contributed by atoms with Gasteiger partial charge in [0, 0.05) is 23.6 Å². The largest absolute Gasteiger partial charge is 0.512 e. The van der Waals surface area contributed by atoms with Gasteiger partial charge in [-0.2, -0.15) is 0 Å². The molecule has 0 aliphatic heterocycles. The van der Waals surface area contributed by atoms with E-state index in [2.05, 4.69) is 9.97 Å². The SMILES string of the molecule is CC(C)(C)/C(O)=C\c1nc2cc(F)c(F)cc2[nH]c1=O. The lowest BCUT2D eigenvalue weighted by Gasteiger charge is -2.16. The lowest BCUT2D eigenvalue weighted by Crippen LogP contribution is -2.15. The Balaban J connectivity index is 2.65. The molecule has 1 heterocycles. The zero-order chi connectivity index (χ0) is 15.1. The first-order chi connectivity index (χ1) is 9.18. The van der Waals surface area contributed by atoms with Crippen LogP contribution in [-0.2, 0) is 0 Å². The van der Waals surface area contributed by atoms with Crippen LogP contribution in [-0.4, -0.2) is 15.1 Å². The minimum atomic E-state index is -1.06. The second kappa shape index (κ2) is 4.70. The number of aliphatic hydroxyl groups excluding tert-OH is 1. The molecule has 0 fully saturated rings. The standard InChI is InChI=1S/C14H14F2N2O2/c1-14(2,3)12(19)6-11-13(20)18-10-5-8(16)7(15)4-9(10)17-11/h4-6,19H,1-3H3,(H,18,20)/b12-6+. The summed E-state index contributed by atoms with van der Waals surface area (Å²) >= 11 is 0. The van der Waals surface area contributed by atoms with E-state index in [0.717, 1.165) is 12.1 Å². The van der Waals surface area contributed by atoms with Crippen molar-refractivity contribution in [2.24, 2.45) is 5.41 Å². The Morgan fingerprint density at radius 3 is 2.50 bits per heavy atom. The summed E-state index contributed by atoms with van der Waals surface area (Å²) < 4.78 is 26.2. The quantitative estimate of drug-likeness (QED) is 0.789. The van der Waals surface area contributed by atoms with Crippen molar-refractivity contribution in [2.45, 2.75) is 20.8 Å². The van der Waals surface area contributed by atoms with E-state index in [-0.39, 0.29) is 22.5 Å². The first-order valence-electron chi connectivity index (χ1n) is 5.98. The van der Waals surface area contributed by atoms with Crippen molar-refractivity contribution in [3.63, 3.8) is 0 Å². The fraction of sp³-hybridized carbons (Fsp3) is 0.286. The number of benzene rings is 1. The van der Waals surface area contributed by atoms with Gasteiger partial charge in [-0.1, -0.05) is 20.8 Å². The van der Waals surface area contributed by atoms with Crippen molar-refractivity contribution < 1.29 is 13.9 Å². The van der Waals surface area contributed by atoms with Gasteiger partial charge >= 0.3 is 0 Å². The molecule has 1 aromatic carbocycles. The fourth-order valence-corrected chi connectivity index (χ4v) is 1.54. The van der Waals surface area contributed by atoms with Gasteiger partial charge < -0.3 is 10.1 Å². The molecule has 0 saturated carbocycles. The van der Waals surface area contributed by atoms with Crippen molar-refractivity contribution in [3.8, 4) is 0 Å². The third-order valence-electron chi connectivity index (χ3n) is 2.80. The summed E-state index contributed by atoms with van der Waals surface area (Å²) in [5.41, 5.74) is -0.982. The molecule has 106 valence electrons.